The SMILES string of the molecule is CC(C)OCCNc1nc2ccccc2s1. The molecule has 0 atom stereocenters. The van der Waals surface area contributed by atoms with Crippen LogP contribution in [0.5, 0.6) is 0 Å². The average Bonchev–Trinajstić information content (AvgIpc) is 2.66. The second-order valence-electron chi connectivity index (χ2n) is 3.83. The van der Waals surface area contributed by atoms with Crippen molar-refractivity contribution in [2.24, 2.45) is 0 Å². The number of thiazole rings is 1. The van der Waals surface area contributed by atoms with Crippen LogP contribution < -0.4 is 5.32 Å². The molecule has 3 nitrogen and oxygen atoms in total. The molecule has 16 heavy (non-hydrogen) atoms. The Bertz CT molecular complexity index is 420. The topological polar surface area (TPSA) is 34.1 Å². The van der Waals surface area contributed by atoms with Crippen molar-refractivity contribution < 1.29 is 4.74 Å². The highest BCUT2D eigenvalue weighted by Crippen LogP contribution is 2.24. The fourth-order valence-corrected chi connectivity index (χ4v) is 2.29. The van der Waals surface area contributed by atoms with Crippen molar-refractivity contribution in [2.45, 2.75) is 20.0 Å². The molecule has 0 radical (unpaired) electrons. The van der Waals surface area contributed by atoms with Crippen LogP contribution in [0.25, 0.3) is 10.2 Å². The van der Waals surface area contributed by atoms with Gasteiger partial charge in [-0.1, -0.05) is 23.5 Å². The number of rotatable bonds is 5. The van der Waals surface area contributed by atoms with Crippen LogP contribution in [0.2, 0.25) is 0 Å². The zero-order valence-corrected chi connectivity index (χ0v) is 10.4. The molecule has 1 heterocycles. The summed E-state index contributed by atoms with van der Waals surface area (Å²) in [6.07, 6.45) is 0.289. The van der Waals surface area contributed by atoms with Crippen LogP contribution in [-0.2, 0) is 4.74 Å². The minimum atomic E-state index is 0.289. The molecule has 4 heteroatoms. The Labute approximate surface area is 99.5 Å². The molecule has 0 aliphatic carbocycles. The van der Waals surface area contributed by atoms with Gasteiger partial charge in [-0.3, -0.25) is 0 Å². The van der Waals surface area contributed by atoms with E-state index in [1.165, 1.54) is 4.70 Å². The smallest absolute Gasteiger partial charge is 0.183 e. The molecule has 0 amide bonds. The normalized spacial score (nSPS) is 11.2. The molecular weight excluding hydrogens is 220 g/mol. The molecule has 0 unspecified atom stereocenters. The molecule has 2 rings (SSSR count). The van der Waals surface area contributed by atoms with Crippen LogP contribution >= 0.6 is 11.3 Å². The fraction of sp³-hybridized carbons (Fsp3) is 0.417. The van der Waals surface area contributed by atoms with E-state index >= 15 is 0 Å². The summed E-state index contributed by atoms with van der Waals surface area (Å²) in [5, 5.41) is 4.24. The summed E-state index contributed by atoms with van der Waals surface area (Å²) in [7, 11) is 0. The first-order valence-corrected chi connectivity index (χ1v) is 6.28. The number of aromatic nitrogens is 1. The first-order valence-electron chi connectivity index (χ1n) is 5.47. The van der Waals surface area contributed by atoms with E-state index in [9.17, 15) is 0 Å². The van der Waals surface area contributed by atoms with Crippen molar-refractivity contribution in [2.75, 3.05) is 18.5 Å². The van der Waals surface area contributed by atoms with Crippen LogP contribution in [0.15, 0.2) is 24.3 Å². The van der Waals surface area contributed by atoms with E-state index in [-0.39, 0.29) is 6.10 Å². The van der Waals surface area contributed by atoms with E-state index in [2.05, 4.69) is 16.4 Å². The van der Waals surface area contributed by atoms with Gasteiger partial charge in [-0.15, -0.1) is 0 Å². The number of fused-ring (bicyclic) bond motifs is 1. The summed E-state index contributed by atoms with van der Waals surface area (Å²) in [6, 6.07) is 8.16. The Kier molecular flexibility index (Phi) is 3.74. The standard InChI is InChI=1S/C12H16N2OS/c1-9(2)15-8-7-13-12-14-10-5-3-4-6-11(10)16-12/h3-6,9H,7-8H2,1-2H3,(H,13,14). The predicted octanol–water partition coefficient (Wildman–Crippen LogP) is 3.13. The minimum Gasteiger partial charge on any atom is -0.377 e. The zero-order valence-electron chi connectivity index (χ0n) is 9.56. The lowest BCUT2D eigenvalue weighted by atomic mass is 10.3. The van der Waals surface area contributed by atoms with Gasteiger partial charge in [0.25, 0.3) is 0 Å². The monoisotopic (exact) mass is 236 g/mol. The Morgan fingerprint density at radius 1 is 1.38 bits per heavy atom. The van der Waals surface area contributed by atoms with Crippen molar-refractivity contribution >= 4 is 26.7 Å². The molecule has 0 saturated heterocycles. The van der Waals surface area contributed by atoms with Crippen LogP contribution in [0.3, 0.4) is 0 Å². The van der Waals surface area contributed by atoms with Crippen molar-refractivity contribution in [3.63, 3.8) is 0 Å². The van der Waals surface area contributed by atoms with Gasteiger partial charge in [0.15, 0.2) is 5.13 Å². The van der Waals surface area contributed by atoms with Gasteiger partial charge in [-0.2, -0.15) is 0 Å². The molecule has 0 saturated carbocycles. The van der Waals surface area contributed by atoms with Crippen LogP contribution in [0.1, 0.15) is 13.8 Å². The maximum absolute atomic E-state index is 5.45. The Hall–Kier alpha value is -1.13. The Morgan fingerprint density at radius 3 is 2.94 bits per heavy atom. The maximum atomic E-state index is 5.45. The van der Waals surface area contributed by atoms with E-state index in [4.69, 9.17) is 4.74 Å². The van der Waals surface area contributed by atoms with Gasteiger partial charge in [0.05, 0.1) is 22.9 Å². The third-order valence-electron chi connectivity index (χ3n) is 2.12. The number of ether oxygens (including phenoxy) is 1. The fourth-order valence-electron chi connectivity index (χ4n) is 1.40. The van der Waals surface area contributed by atoms with Crippen LogP contribution in [0, 0.1) is 0 Å². The number of nitrogens with zero attached hydrogens (tertiary/aromatic N) is 1. The molecule has 0 spiro atoms. The minimum absolute atomic E-state index is 0.289. The van der Waals surface area contributed by atoms with Gasteiger partial charge in [0, 0.05) is 6.54 Å². The number of hydrogen-bond donors (Lipinski definition) is 1. The maximum Gasteiger partial charge on any atom is 0.183 e. The number of hydrogen-bond acceptors (Lipinski definition) is 4. The first kappa shape index (κ1) is 11.4. The number of para-hydroxylation sites is 1. The molecule has 0 aliphatic heterocycles. The van der Waals surface area contributed by atoms with Gasteiger partial charge < -0.3 is 10.1 Å². The third-order valence-corrected chi connectivity index (χ3v) is 3.12. The summed E-state index contributed by atoms with van der Waals surface area (Å²) >= 11 is 1.68. The van der Waals surface area contributed by atoms with E-state index in [0.717, 1.165) is 17.2 Å². The summed E-state index contributed by atoms with van der Waals surface area (Å²) < 4.78 is 6.67. The largest absolute Gasteiger partial charge is 0.377 e. The molecule has 86 valence electrons. The molecule has 1 aromatic carbocycles. The van der Waals surface area contributed by atoms with E-state index < -0.39 is 0 Å². The molecule has 0 fully saturated rings. The molecule has 2 aromatic rings. The van der Waals surface area contributed by atoms with Crippen molar-refractivity contribution in [3.8, 4) is 0 Å². The van der Waals surface area contributed by atoms with Crippen LogP contribution in [0.4, 0.5) is 5.13 Å². The molecule has 0 bridgehead atoms. The second-order valence-corrected chi connectivity index (χ2v) is 4.86. The quantitative estimate of drug-likeness (QED) is 0.810. The van der Waals surface area contributed by atoms with Crippen LogP contribution in [-0.4, -0.2) is 24.2 Å². The molecular formula is C12H16N2OS. The number of benzene rings is 1. The van der Waals surface area contributed by atoms with Gasteiger partial charge in [-0.25, -0.2) is 4.98 Å². The molecule has 0 aliphatic rings. The Morgan fingerprint density at radius 2 is 2.19 bits per heavy atom. The number of nitrogens with one attached hydrogen (secondary N) is 1. The lowest BCUT2D eigenvalue weighted by molar-refractivity contribution is 0.0870. The van der Waals surface area contributed by atoms with E-state index in [0.29, 0.717) is 6.61 Å². The predicted molar refractivity (Wildman–Crippen MR) is 69.2 cm³/mol. The first-order chi connectivity index (χ1) is 7.75. The third kappa shape index (κ3) is 2.93. The Balaban J connectivity index is 1.89. The summed E-state index contributed by atoms with van der Waals surface area (Å²) in [6.45, 7) is 5.60. The van der Waals surface area contributed by atoms with E-state index in [1.807, 2.05) is 32.0 Å². The average molecular weight is 236 g/mol. The lowest BCUT2D eigenvalue weighted by Gasteiger charge is -2.07. The molecule has 1 aromatic heterocycles. The summed E-state index contributed by atoms with van der Waals surface area (Å²) in [5.41, 5.74) is 1.06. The van der Waals surface area contributed by atoms with Crippen molar-refractivity contribution in [3.05, 3.63) is 24.3 Å². The van der Waals surface area contributed by atoms with Gasteiger partial charge >= 0.3 is 0 Å². The highest BCUT2D eigenvalue weighted by molar-refractivity contribution is 7.22. The van der Waals surface area contributed by atoms with Crippen molar-refractivity contribution in [1.29, 1.82) is 0 Å². The van der Waals surface area contributed by atoms with Gasteiger partial charge in [0.2, 0.25) is 0 Å². The van der Waals surface area contributed by atoms with E-state index in [1.54, 1.807) is 11.3 Å². The summed E-state index contributed by atoms with van der Waals surface area (Å²) in [5.74, 6) is 0. The van der Waals surface area contributed by atoms with Crippen molar-refractivity contribution in [1.82, 2.24) is 4.98 Å². The molecule has 1 N–H and O–H groups in total. The number of anilines is 1. The zero-order chi connectivity index (χ0) is 11.4. The van der Waals surface area contributed by atoms with Gasteiger partial charge in [0.1, 0.15) is 0 Å². The highest BCUT2D eigenvalue weighted by atomic mass is 32.1. The second kappa shape index (κ2) is 5.27. The highest BCUT2D eigenvalue weighted by Gasteiger charge is 2.01. The summed E-state index contributed by atoms with van der Waals surface area (Å²) in [4.78, 5) is 4.48. The van der Waals surface area contributed by atoms with Gasteiger partial charge in [-0.05, 0) is 26.0 Å². The lowest BCUT2D eigenvalue weighted by Crippen LogP contribution is -2.12.